The van der Waals surface area contributed by atoms with Gasteiger partial charge in [-0.15, -0.1) is 0 Å². The molecular formula is C24H35N5O. The normalized spacial score (nSPS) is 14.2. The molecule has 0 atom stereocenters. The summed E-state index contributed by atoms with van der Waals surface area (Å²) in [7, 11) is 0. The molecule has 162 valence electrons. The number of nitrogens with two attached hydrogens (primary N) is 1. The number of benzene rings is 1. The quantitative estimate of drug-likeness (QED) is 0.588. The number of nitrogens with one attached hydrogen (secondary N) is 2. The maximum atomic E-state index is 12.6. The third-order valence-corrected chi connectivity index (χ3v) is 5.53. The van der Waals surface area contributed by atoms with Crippen molar-refractivity contribution in [1.82, 2.24) is 15.2 Å². The number of carbonyl (C=O) groups is 1. The van der Waals surface area contributed by atoms with Gasteiger partial charge >= 0.3 is 0 Å². The Morgan fingerprint density at radius 3 is 2.43 bits per heavy atom. The molecule has 0 bridgehead atoms. The monoisotopic (exact) mass is 409 g/mol. The van der Waals surface area contributed by atoms with E-state index in [1.807, 2.05) is 35.2 Å². The number of nitrogen functional groups attached to an aromatic ring is 1. The minimum atomic E-state index is 0.106. The van der Waals surface area contributed by atoms with E-state index < -0.39 is 0 Å². The third-order valence-electron chi connectivity index (χ3n) is 5.53. The van der Waals surface area contributed by atoms with Crippen LogP contribution in [0.2, 0.25) is 0 Å². The molecule has 6 nitrogen and oxygen atoms in total. The summed E-state index contributed by atoms with van der Waals surface area (Å²) in [6.45, 7) is 7.68. The van der Waals surface area contributed by atoms with E-state index in [2.05, 4.69) is 35.5 Å². The van der Waals surface area contributed by atoms with Crippen molar-refractivity contribution in [3.8, 4) is 0 Å². The first-order valence-corrected chi connectivity index (χ1v) is 11.2. The molecule has 2 aromatic rings. The molecule has 1 aromatic heterocycles. The number of hydrogen-bond acceptors (Lipinski definition) is 5. The highest BCUT2D eigenvalue weighted by Crippen LogP contribution is 2.20. The molecule has 30 heavy (non-hydrogen) atoms. The minimum Gasteiger partial charge on any atom is -0.384 e. The first-order chi connectivity index (χ1) is 14.6. The summed E-state index contributed by atoms with van der Waals surface area (Å²) >= 11 is 0. The molecule has 1 amide bonds. The Labute approximate surface area is 180 Å². The molecule has 1 aliphatic heterocycles. The number of anilines is 2. The van der Waals surface area contributed by atoms with Crippen LogP contribution in [0, 0.1) is 0 Å². The second-order valence-electron chi connectivity index (χ2n) is 8.11. The Morgan fingerprint density at radius 2 is 1.80 bits per heavy atom. The van der Waals surface area contributed by atoms with Gasteiger partial charge in [0.2, 0.25) is 0 Å². The third kappa shape index (κ3) is 6.20. The Morgan fingerprint density at radius 1 is 1.13 bits per heavy atom. The predicted molar refractivity (Wildman–Crippen MR) is 124 cm³/mol. The van der Waals surface area contributed by atoms with Gasteiger partial charge in [0.15, 0.2) is 0 Å². The number of nitrogens with zero attached hydrogens (tertiary/aromatic N) is 2. The zero-order valence-electron chi connectivity index (χ0n) is 18.3. The fraction of sp³-hybridized carbons (Fsp3) is 0.500. The van der Waals surface area contributed by atoms with Gasteiger partial charge in [0.25, 0.3) is 5.91 Å². The van der Waals surface area contributed by atoms with E-state index >= 15 is 0 Å². The summed E-state index contributed by atoms with van der Waals surface area (Å²) in [6.07, 6.45) is 5.30. The molecule has 0 unspecified atom stereocenters. The molecule has 1 aromatic carbocycles. The fourth-order valence-electron chi connectivity index (χ4n) is 4.03. The number of carbonyl (C=O) groups excluding carboxylic acids is 1. The number of piperazine rings is 1. The van der Waals surface area contributed by atoms with Crippen molar-refractivity contribution in [2.24, 2.45) is 0 Å². The Hall–Kier alpha value is -2.60. The first-order valence-electron chi connectivity index (χ1n) is 11.2. The van der Waals surface area contributed by atoms with Crippen molar-refractivity contribution in [2.45, 2.75) is 52.0 Å². The smallest absolute Gasteiger partial charge is 0.253 e. The lowest BCUT2D eigenvalue weighted by atomic mass is 10.0. The molecule has 2 heterocycles. The first kappa shape index (κ1) is 22.1. The Balaban J connectivity index is 1.66. The summed E-state index contributed by atoms with van der Waals surface area (Å²) in [6, 6.07) is 12.3. The SMILES string of the molecule is CCCC(CCC)Nc1cc(N)nc(Cc2ccc(C(=O)N3CCNCC3)cc2)c1. The van der Waals surface area contributed by atoms with Crippen LogP contribution in [0.5, 0.6) is 0 Å². The maximum absolute atomic E-state index is 12.6. The van der Waals surface area contributed by atoms with Crippen LogP contribution in [0.25, 0.3) is 0 Å². The van der Waals surface area contributed by atoms with Crippen LogP contribution >= 0.6 is 0 Å². The van der Waals surface area contributed by atoms with Gasteiger partial charge in [0.1, 0.15) is 5.82 Å². The molecule has 1 saturated heterocycles. The lowest BCUT2D eigenvalue weighted by Gasteiger charge is -2.27. The molecule has 1 aliphatic rings. The van der Waals surface area contributed by atoms with Gasteiger partial charge in [-0.2, -0.15) is 0 Å². The highest BCUT2D eigenvalue weighted by Gasteiger charge is 2.17. The fourth-order valence-corrected chi connectivity index (χ4v) is 4.03. The number of aromatic nitrogens is 1. The molecule has 4 N–H and O–H groups in total. The van der Waals surface area contributed by atoms with E-state index in [4.69, 9.17) is 5.73 Å². The average Bonchev–Trinajstić information content (AvgIpc) is 2.74. The minimum absolute atomic E-state index is 0.106. The molecule has 1 fully saturated rings. The largest absolute Gasteiger partial charge is 0.384 e. The van der Waals surface area contributed by atoms with Crippen LogP contribution in [0.15, 0.2) is 36.4 Å². The lowest BCUT2D eigenvalue weighted by molar-refractivity contribution is 0.0736. The summed E-state index contributed by atoms with van der Waals surface area (Å²) in [5.74, 6) is 0.641. The number of amides is 1. The van der Waals surface area contributed by atoms with Gasteiger partial charge in [0, 0.05) is 61.7 Å². The number of hydrogen-bond donors (Lipinski definition) is 3. The van der Waals surface area contributed by atoms with Gasteiger partial charge in [-0.25, -0.2) is 4.98 Å². The Kier molecular flexibility index (Phi) is 8.08. The van der Waals surface area contributed by atoms with Crippen molar-refractivity contribution in [1.29, 1.82) is 0 Å². The van der Waals surface area contributed by atoms with E-state index in [0.717, 1.165) is 74.4 Å². The van der Waals surface area contributed by atoms with E-state index in [9.17, 15) is 4.79 Å². The highest BCUT2D eigenvalue weighted by molar-refractivity contribution is 5.94. The number of pyridine rings is 1. The van der Waals surface area contributed by atoms with Crippen LogP contribution in [-0.2, 0) is 6.42 Å². The van der Waals surface area contributed by atoms with Gasteiger partial charge in [-0.05, 0) is 36.6 Å². The molecule has 0 saturated carbocycles. The van der Waals surface area contributed by atoms with Crippen molar-refractivity contribution < 1.29 is 4.79 Å². The summed E-state index contributed by atoms with van der Waals surface area (Å²) in [5.41, 5.74) is 9.91. The standard InChI is InChI=1S/C24H35N5O/c1-3-5-20(6-4-2)27-22-16-21(28-23(25)17-22)15-18-7-9-19(10-8-18)24(30)29-13-11-26-12-14-29/h7-10,16-17,20,26H,3-6,11-15H2,1-2H3,(H3,25,27,28). The van der Waals surface area contributed by atoms with Crippen molar-refractivity contribution in [2.75, 3.05) is 37.2 Å². The molecule has 3 rings (SSSR count). The van der Waals surface area contributed by atoms with E-state index in [0.29, 0.717) is 18.3 Å². The van der Waals surface area contributed by atoms with Crippen molar-refractivity contribution in [3.63, 3.8) is 0 Å². The van der Waals surface area contributed by atoms with Crippen LogP contribution in [0.1, 0.15) is 61.1 Å². The average molecular weight is 410 g/mol. The molecular weight excluding hydrogens is 374 g/mol. The zero-order chi connectivity index (χ0) is 21.3. The summed E-state index contributed by atoms with van der Waals surface area (Å²) < 4.78 is 0. The van der Waals surface area contributed by atoms with Crippen LogP contribution in [0.3, 0.4) is 0 Å². The van der Waals surface area contributed by atoms with Crippen LogP contribution in [-0.4, -0.2) is 48.0 Å². The summed E-state index contributed by atoms with van der Waals surface area (Å²) in [5, 5.41) is 6.91. The second-order valence-corrected chi connectivity index (χ2v) is 8.11. The van der Waals surface area contributed by atoms with E-state index in [1.165, 1.54) is 0 Å². The zero-order valence-corrected chi connectivity index (χ0v) is 18.3. The van der Waals surface area contributed by atoms with Crippen LogP contribution < -0.4 is 16.4 Å². The predicted octanol–water partition coefficient (Wildman–Crippen LogP) is 3.68. The number of rotatable bonds is 9. The van der Waals surface area contributed by atoms with E-state index in [1.54, 1.807) is 0 Å². The van der Waals surface area contributed by atoms with Gasteiger partial charge in [-0.1, -0.05) is 38.8 Å². The van der Waals surface area contributed by atoms with Crippen molar-refractivity contribution in [3.05, 3.63) is 53.2 Å². The Bertz CT molecular complexity index is 809. The van der Waals surface area contributed by atoms with Gasteiger partial charge < -0.3 is 21.3 Å². The topological polar surface area (TPSA) is 83.3 Å². The molecule has 0 spiro atoms. The van der Waals surface area contributed by atoms with Gasteiger partial charge in [0.05, 0.1) is 0 Å². The summed E-state index contributed by atoms with van der Waals surface area (Å²) in [4.78, 5) is 19.1. The maximum Gasteiger partial charge on any atom is 0.253 e. The van der Waals surface area contributed by atoms with Gasteiger partial charge in [-0.3, -0.25) is 4.79 Å². The molecule has 0 radical (unpaired) electrons. The highest BCUT2D eigenvalue weighted by atomic mass is 16.2. The van der Waals surface area contributed by atoms with Crippen molar-refractivity contribution >= 4 is 17.4 Å². The van der Waals surface area contributed by atoms with E-state index in [-0.39, 0.29) is 5.91 Å². The second kappa shape index (κ2) is 11.0. The molecule has 0 aliphatic carbocycles. The molecule has 6 heteroatoms. The van der Waals surface area contributed by atoms with Crippen LogP contribution in [0.4, 0.5) is 11.5 Å². The lowest BCUT2D eigenvalue weighted by Crippen LogP contribution is -2.46.